The molecule has 0 amide bonds. The number of nitrogens with zero attached hydrogens (tertiary/aromatic N) is 1. The van der Waals surface area contributed by atoms with E-state index in [1.165, 1.54) is 19.3 Å². The quantitative estimate of drug-likeness (QED) is 0.788. The van der Waals surface area contributed by atoms with Crippen molar-refractivity contribution in [1.82, 2.24) is 4.90 Å². The van der Waals surface area contributed by atoms with E-state index in [2.05, 4.69) is 4.90 Å². The average Bonchev–Trinajstić information content (AvgIpc) is 2.59. The van der Waals surface area contributed by atoms with Crippen LogP contribution in [0.1, 0.15) is 31.2 Å². The van der Waals surface area contributed by atoms with Crippen molar-refractivity contribution in [3.05, 3.63) is 33.8 Å². The Morgan fingerprint density at radius 3 is 2.52 bits per heavy atom. The van der Waals surface area contributed by atoms with Gasteiger partial charge in [0.1, 0.15) is 0 Å². The second kappa shape index (κ2) is 8.68. The summed E-state index contributed by atoms with van der Waals surface area (Å²) in [6.07, 6.45) is 6.04. The fourth-order valence-electron chi connectivity index (χ4n) is 3.68. The van der Waals surface area contributed by atoms with Crippen LogP contribution in [0.15, 0.2) is 18.2 Å². The lowest BCUT2D eigenvalue weighted by Crippen LogP contribution is -2.51. The molecule has 128 valence electrons. The smallest absolute Gasteiger partial charge is 0.0730 e. The Morgan fingerprint density at radius 1 is 1.09 bits per heavy atom. The third-order valence-electron chi connectivity index (χ3n) is 4.93. The predicted octanol–water partition coefficient (Wildman–Crippen LogP) is 4.20. The molecule has 2 aliphatic rings. The Hall–Kier alpha value is -0.320. The van der Waals surface area contributed by atoms with Crippen LogP contribution in [0, 0.1) is 0 Å². The average molecular weight is 358 g/mol. The van der Waals surface area contributed by atoms with Gasteiger partial charge in [0.25, 0.3) is 0 Å². The van der Waals surface area contributed by atoms with E-state index in [-0.39, 0.29) is 0 Å². The van der Waals surface area contributed by atoms with Gasteiger partial charge < -0.3 is 9.47 Å². The summed E-state index contributed by atoms with van der Waals surface area (Å²) in [7, 11) is 0. The van der Waals surface area contributed by atoms with E-state index in [9.17, 15) is 0 Å². The molecule has 5 heteroatoms. The maximum atomic E-state index is 6.26. The van der Waals surface area contributed by atoms with Gasteiger partial charge in [-0.25, -0.2) is 0 Å². The van der Waals surface area contributed by atoms with Crippen LogP contribution in [0.5, 0.6) is 0 Å². The Labute approximate surface area is 148 Å². The fraction of sp³-hybridized carbons (Fsp3) is 0.667. The molecule has 1 aromatic carbocycles. The maximum absolute atomic E-state index is 6.26. The molecule has 1 aliphatic carbocycles. The highest BCUT2D eigenvalue weighted by Crippen LogP contribution is 2.28. The first kappa shape index (κ1) is 17.5. The summed E-state index contributed by atoms with van der Waals surface area (Å²) in [5.41, 5.74) is 0.995. The van der Waals surface area contributed by atoms with Crippen LogP contribution >= 0.6 is 23.2 Å². The van der Waals surface area contributed by atoms with Crippen LogP contribution in [0.25, 0.3) is 0 Å². The molecule has 1 saturated carbocycles. The van der Waals surface area contributed by atoms with E-state index in [4.69, 9.17) is 32.7 Å². The fourth-order valence-corrected chi connectivity index (χ4v) is 4.27. The zero-order valence-corrected chi connectivity index (χ0v) is 15.0. The molecule has 1 saturated heterocycles. The van der Waals surface area contributed by atoms with Gasteiger partial charge in [-0.2, -0.15) is 0 Å². The molecule has 1 aliphatic heterocycles. The first-order valence-corrected chi connectivity index (χ1v) is 9.37. The van der Waals surface area contributed by atoms with Crippen molar-refractivity contribution in [2.75, 3.05) is 32.9 Å². The summed E-state index contributed by atoms with van der Waals surface area (Å²) >= 11 is 12.5. The maximum Gasteiger partial charge on any atom is 0.0730 e. The summed E-state index contributed by atoms with van der Waals surface area (Å²) in [4.78, 5) is 2.55. The lowest BCUT2D eigenvalue weighted by Gasteiger charge is -2.41. The van der Waals surface area contributed by atoms with E-state index in [0.717, 1.165) is 54.8 Å². The first-order valence-electron chi connectivity index (χ1n) is 8.62. The van der Waals surface area contributed by atoms with Gasteiger partial charge in [-0.1, -0.05) is 42.1 Å². The van der Waals surface area contributed by atoms with Crippen molar-refractivity contribution in [3.63, 3.8) is 0 Å². The molecule has 0 bridgehead atoms. The Bertz CT molecular complexity index is 486. The SMILES string of the molecule is Clc1cccc(Cl)c1CCO[C@@H]1CCCC[C@H]1N1CCOCC1. The highest BCUT2D eigenvalue weighted by Gasteiger charge is 2.31. The van der Waals surface area contributed by atoms with Crippen LogP contribution in [0.4, 0.5) is 0 Å². The van der Waals surface area contributed by atoms with Crippen molar-refractivity contribution in [2.24, 2.45) is 0 Å². The third kappa shape index (κ3) is 4.61. The minimum absolute atomic E-state index is 0.322. The number of rotatable bonds is 5. The van der Waals surface area contributed by atoms with Gasteiger partial charge in [0.2, 0.25) is 0 Å². The molecule has 3 nitrogen and oxygen atoms in total. The standard InChI is InChI=1S/C18H25Cl2NO2/c19-15-4-3-5-16(20)14(15)8-11-23-18-7-2-1-6-17(18)21-9-12-22-13-10-21/h3-5,17-18H,1-2,6-13H2/t17-,18-/m1/s1. The van der Waals surface area contributed by atoms with Crippen LogP contribution < -0.4 is 0 Å². The third-order valence-corrected chi connectivity index (χ3v) is 5.64. The number of halogens is 2. The number of hydrogen-bond acceptors (Lipinski definition) is 3. The second-order valence-electron chi connectivity index (χ2n) is 6.36. The van der Waals surface area contributed by atoms with Gasteiger partial charge in [-0.15, -0.1) is 0 Å². The molecule has 3 rings (SSSR count). The van der Waals surface area contributed by atoms with E-state index < -0.39 is 0 Å². The van der Waals surface area contributed by atoms with Gasteiger partial charge in [0, 0.05) is 29.2 Å². The number of ether oxygens (including phenoxy) is 2. The highest BCUT2D eigenvalue weighted by atomic mass is 35.5. The number of hydrogen-bond donors (Lipinski definition) is 0. The van der Waals surface area contributed by atoms with Crippen LogP contribution in [-0.2, 0) is 15.9 Å². The minimum Gasteiger partial charge on any atom is -0.379 e. The lowest BCUT2D eigenvalue weighted by atomic mass is 9.91. The van der Waals surface area contributed by atoms with E-state index in [1.54, 1.807) is 0 Å². The zero-order valence-electron chi connectivity index (χ0n) is 13.5. The molecule has 0 N–H and O–H groups in total. The minimum atomic E-state index is 0.322. The summed E-state index contributed by atoms with van der Waals surface area (Å²) < 4.78 is 11.7. The van der Waals surface area contributed by atoms with Crippen LogP contribution in [0.2, 0.25) is 10.0 Å². The van der Waals surface area contributed by atoms with Gasteiger partial charge in [-0.3, -0.25) is 4.90 Å². The van der Waals surface area contributed by atoms with Crippen molar-refractivity contribution < 1.29 is 9.47 Å². The Balaban J connectivity index is 1.55. The van der Waals surface area contributed by atoms with E-state index in [1.807, 2.05) is 18.2 Å². The van der Waals surface area contributed by atoms with Gasteiger partial charge in [-0.05, 0) is 37.0 Å². The van der Waals surface area contributed by atoms with Crippen LogP contribution in [-0.4, -0.2) is 50.0 Å². The number of morpholine rings is 1. The molecule has 23 heavy (non-hydrogen) atoms. The number of benzene rings is 1. The van der Waals surface area contributed by atoms with Crippen LogP contribution in [0.3, 0.4) is 0 Å². The molecule has 0 radical (unpaired) electrons. The van der Waals surface area contributed by atoms with E-state index >= 15 is 0 Å². The Kier molecular flexibility index (Phi) is 6.61. The molecule has 1 aromatic rings. The van der Waals surface area contributed by atoms with Crippen molar-refractivity contribution >= 4 is 23.2 Å². The zero-order chi connectivity index (χ0) is 16.1. The first-order chi connectivity index (χ1) is 11.3. The molecule has 0 spiro atoms. The second-order valence-corrected chi connectivity index (χ2v) is 7.17. The Morgan fingerprint density at radius 2 is 1.78 bits per heavy atom. The molecule has 0 aromatic heterocycles. The molecular formula is C18H25Cl2NO2. The van der Waals surface area contributed by atoms with Crippen molar-refractivity contribution in [3.8, 4) is 0 Å². The molecule has 2 fully saturated rings. The van der Waals surface area contributed by atoms with Gasteiger partial charge in [0.05, 0.1) is 25.9 Å². The highest BCUT2D eigenvalue weighted by molar-refractivity contribution is 6.35. The summed E-state index contributed by atoms with van der Waals surface area (Å²) in [6.45, 7) is 4.42. The monoisotopic (exact) mass is 357 g/mol. The largest absolute Gasteiger partial charge is 0.379 e. The summed E-state index contributed by atoms with van der Waals surface area (Å²) in [6, 6.07) is 6.19. The lowest BCUT2D eigenvalue weighted by molar-refractivity contribution is -0.0647. The predicted molar refractivity (Wildman–Crippen MR) is 94.6 cm³/mol. The van der Waals surface area contributed by atoms with Gasteiger partial charge in [0.15, 0.2) is 0 Å². The summed E-state index contributed by atoms with van der Waals surface area (Å²) in [5.74, 6) is 0. The van der Waals surface area contributed by atoms with Crippen molar-refractivity contribution in [1.29, 1.82) is 0 Å². The summed E-state index contributed by atoms with van der Waals surface area (Å²) in [5, 5.41) is 1.46. The molecule has 1 heterocycles. The van der Waals surface area contributed by atoms with Gasteiger partial charge >= 0.3 is 0 Å². The topological polar surface area (TPSA) is 21.7 Å². The molecule has 2 atom stereocenters. The molecular weight excluding hydrogens is 333 g/mol. The molecule has 0 unspecified atom stereocenters. The van der Waals surface area contributed by atoms with Crippen molar-refractivity contribution in [2.45, 2.75) is 44.2 Å². The normalized spacial score (nSPS) is 26.3. The van der Waals surface area contributed by atoms with E-state index in [0.29, 0.717) is 18.8 Å².